The quantitative estimate of drug-likeness (QED) is 0.886. The van der Waals surface area contributed by atoms with Gasteiger partial charge in [-0.05, 0) is 18.2 Å². The zero-order chi connectivity index (χ0) is 13.0. The second-order valence-electron chi connectivity index (χ2n) is 3.64. The molecule has 0 saturated carbocycles. The molecule has 0 radical (unpaired) electrons. The fourth-order valence-electron chi connectivity index (χ4n) is 1.36. The molecular formula is C13H11BrN2O2. The van der Waals surface area contributed by atoms with E-state index in [9.17, 15) is 4.79 Å². The lowest BCUT2D eigenvalue weighted by Gasteiger charge is -2.06. The van der Waals surface area contributed by atoms with Crippen molar-refractivity contribution in [3.05, 3.63) is 58.3 Å². The maximum absolute atomic E-state index is 11.7. The summed E-state index contributed by atoms with van der Waals surface area (Å²) in [5.74, 6) is -0.467. The summed E-state index contributed by atoms with van der Waals surface area (Å²) in [6.45, 7) is 0.201. The summed E-state index contributed by atoms with van der Waals surface area (Å²) >= 11 is 3.39. The molecule has 92 valence electrons. The molecule has 0 unspecified atom stereocenters. The van der Waals surface area contributed by atoms with Crippen LogP contribution in [-0.4, -0.2) is 11.0 Å². The largest absolute Gasteiger partial charge is 0.456 e. The average molecular weight is 307 g/mol. The first-order valence-electron chi connectivity index (χ1n) is 5.29. The molecule has 0 aliphatic rings. The number of aromatic nitrogens is 1. The summed E-state index contributed by atoms with van der Waals surface area (Å²) in [6.07, 6.45) is 1.43. The van der Waals surface area contributed by atoms with E-state index in [1.54, 1.807) is 6.07 Å². The molecule has 0 saturated heterocycles. The van der Waals surface area contributed by atoms with E-state index in [0.717, 1.165) is 10.0 Å². The minimum atomic E-state index is -0.467. The van der Waals surface area contributed by atoms with E-state index in [4.69, 9.17) is 10.5 Å². The Bertz CT molecular complexity index is 555. The van der Waals surface area contributed by atoms with Crippen molar-refractivity contribution in [3.8, 4) is 0 Å². The molecule has 0 aliphatic heterocycles. The van der Waals surface area contributed by atoms with Gasteiger partial charge in [-0.3, -0.25) is 0 Å². The molecule has 2 aromatic rings. The van der Waals surface area contributed by atoms with Crippen molar-refractivity contribution in [2.45, 2.75) is 6.61 Å². The Labute approximate surface area is 113 Å². The van der Waals surface area contributed by atoms with E-state index >= 15 is 0 Å². The smallest absolute Gasteiger partial charge is 0.357 e. The van der Waals surface area contributed by atoms with Gasteiger partial charge in [0.25, 0.3) is 0 Å². The summed E-state index contributed by atoms with van der Waals surface area (Å²) in [7, 11) is 0. The van der Waals surface area contributed by atoms with Crippen LogP contribution in [0.25, 0.3) is 0 Å². The first-order chi connectivity index (χ1) is 8.66. The molecule has 1 aromatic carbocycles. The monoisotopic (exact) mass is 306 g/mol. The minimum absolute atomic E-state index is 0.201. The summed E-state index contributed by atoms with van der Waals surface area (Å²) in [5, 5.41) is 0. The highest BCUT2D eigenvalue weighted by Gasteiger charge is 2.09. The van der Waals surface area contributed by atoms with E-state index in [1.807, 2.05) is 24.3 Å². The van der Waals surface area contributed by atoms with Crippen molar-refractivity contribution in [1.29, 1.82) is 0 Å². The molecule has 2 rings (SSSR count). The molecule has 0 bridgehead atoms. The number of esters is 1. The van der Waals surface area contributed by atoms with Crippen LogP contribution in [-0.2, 0) is 11.3 Å². The van der Waals surface area contributed by atoms with E-state index in [1.165, 1.54) is 12.3 Å². The van der Waals surface area contributed by atoms with Crippen molar-refractivity contribution in [1.82, 2.24) is 4.98 Å². The molecule has 0 amide bonds. The molecule has 0 spiro atoms. The number of benzene rings is 1. The number of nitrogens with zero attached hydrogens (tertiary/aromatic N) is 1. The van der Waals surface area contributed by atoms with E-state index < -0.39 is 5.97 Å². The van der Waals surface area contributed by atoms with Gasteiger partial charge in [-0.1, -0.05) is 34.1 Å². The highest BCUT2D eigenvalue weighted by Crippen LogP contribution is 2.17. The van der Waals surface area contributed by atoms with Gasteiger partial charge in [0.15, 0.2) is 0 Å². The Morgan fingerprint density at radius 1 is 1.28 bits per heavy atom. The fraction of sp³-hybridized carbons (Fsp3) is 0.0769. The number of nitrogen functional groups attached to an aromatic ring is 1. The predicted octanol–water partition coefficient (Wildman–Crippen LogP) is 2.78. The lowest BCUT2D eigenvalue weighted by atomic mass is 10.2. The molecule has 5 heteroatoms. The van der Waals surface area contributed by atoms with E-state index in [0.29, 0.717) is 5.69 Å². The normalized spacial score (nSPS) is 10.1. The summed E-state index contributed by atoms with van der Waals surface area (Å²) < 4.78 is 6.07. The number of carbonyl (C=O) groups is 1. The van der Waals surface area contributed by atoms with Crippen LogP contribution in [0.15, 0.2) is 47.1 Å². The number of hydrogen-bond donors (Lipinski definition) is 1. The topological polar surface area (TPSA) is 65.2 Å². The first kappa shape index (κ1) is 12.6. The molecule has 4 nitrogen and oxygen atoms in total. The Hall–Kier alpha value is -1.88. The van der Waals surface area contributed by atoms with Crippen LogP contribution in [0.4, 0.5) is 5.69 Å². The number of ether oxygens (including phenoxy) is 1. The standard InChI is InChI=1S/C13H11BrN2O2/c14-11-4-2-1-3-9(11)8-18-13(17)12-6-5-10(15)7-16-12/h1-7H,8,15H2. The molecule has 18 heavy (non-hydrogen) atoms. The number of rotatable bonds is 3. The van der Waals surface area contributed by atoms with Gasteiger partial charge < -0.3 is 10.5 Å². The number of halogens is 1. The van der Waals surface area contributed by atoms with Gasteiger partial charge >= 0.3 is 5.97 Å². The lowest BCUT2D eigenvalue weighted by Crippen LogP contribution is -2.07. The third-order valence-corrected chi connectivity index (χ3v) is 3.09. The molecule has 0 fully saturated rings. The lowest BCUT2D eigenvalue weighted by molar-refractivity contribution is 0.0465. The van der Waals surface area contributed by atoms with Crippen LogP contribution in [0.1, 0.15) is 16.1 Å². The first-order valence-corrected chi connectivity index (χ1v) is 6.08. The second-order valence-corrected chi connectivity index (χ2v) is 4.50. The third kappa shape index (κ3) is 3.07. The van der Waals surface area contributed by atoms with Crippen molar-refractivity contribution < 1.29 is 9.53 Å². The maximum atomic E-state index is 11.7. The van der Waals surface area contributed by atoms with Gasteiger partial charge in [0.1, 0.15) is 12.3 Å². The van der Waals surface area contributed by atoms with Crippen molar-refractivity contribution >= 4 is 27.6 Å². The Morgan fingerprint density at radius 2 is 2.06 bits per heavy atom. The molecule has 1 heterocycles. The van der Waals surface area contributed by atoms with Crippen LogP contribution >= 0.6 is 15.9 Å². The summed E-state index contributed by atoms with van der Waals surface area (Å²) in [5.41, 5.74) is 7.15. The third-order valence-electron chi connectivity index (χ3n) is 2.31. The van der Waals surface area contributed by atoms with Gasteiger partial charge in [-0.15, -0.1) is 0 Å². The van der Waals surface area contributed by atoms with Crippen LogP contribution in [0.2, 0.25) is 0 Å². The summed E-state index contributed by atoms with van der Waals surface area (Å²) in [6, 6.07) is 10.7. The maximum Gasteiger partial charge on any atom is 0.357 e. The van der Waals surface area contributed by atoms with Gasteiger partial charge in [0.2, 0.25) is 0 Å². The Balaban J connectivity index is 2.01. The zero-order valence-electron chi connectivity index (χ0n) is 9.47. The van der Waals surface area contributed by atoms with Crippen LogP contribution < -0.4 is 5.73 Å². The predicted molar refractivity (Wildman–Crippen MR) is 71.9 cm³/mol. The molecule has 2 N–H and O–H groups in total. The number of carbonyl (C=O) groups excluding carboxylic acids is 1. The van der Waals surface area contributed by atoms with Crippen molar-refractivity contribution in [3.63, 3.8) is 0 Å². The number of pyridine rings is 1. The number of nitrogens with two attached hydrogens (primary N) is 1. The van der Waals surface area contributed by atoms with Crippen LogP contribution in [0, 0.1) is 0 Å². The van der Waals surface area contributed by atoms with Crippen molar-refractivity contribution in [2.24, 2.45) is 0 Å². The number of hydrogen-bond acceptors (Lipinski definition) is 4. The van der Waals surface area contributed by atoms with Gasteiger partial charge in [-0.25, -0.2) is 9.78 Å². The SMILES string of the molecule is Nc1ccc(C(=O)OCc2ccccc2Br)nc1. The molecule has 1 aromatic heterocycles. The second kappa shape index (κ2) is 5.64. The van der Waals surface area contributed by atoms with Crippen LogP contribution in [0.3, 0.4) is 0 Å². The average Bonchev–Trinajstić information content (AvgIpc) is 2.38. The Morgan fingerprint density at radius 3 is 2.72 bits per heavy atom. The molecular weight excluding hydrogens is 296 g/mol. The van der Waals surface area contributed by atoms with Gasteiger partial charge in [0, 0.05) is 10.0 Å². The molecule has 0 aliphatic carbocycles. The van der Waals surface area contributed by atoms with Crippen molar-refractivity contribution in [2.75, 3.05) is 5.73 Å². The highest BCUT2D eigenvalue weighted by molar-refractivity contribution is 9.10. The van der Waals surface area contributed by atoms with Crippen LogP contribution in [0.5, 0.6) is 0 Å². The van der Waals surface area contributed by atoms with E-state index in [2.05, 4.69) is 20.9 Å². The Kier molecular flexibility index (Phi) is 3.94. The minimum Gasteiger partial charge on any atom is -0.456 e. The zero-order valence-corrected chi connectivity index (χ0v) is 11.1. The summed E-state index contributed by atoms with van der Waals surface area (Å²) in [4.78, 5) is 15.6. The number of anilines is 1. The molecule has 0 atom stereocenters. The fourth-order valence-corrected chi connectivity index (χ4v) is 1.76. The van der Waals surface area contributed by atoms with E-state index in [-0.39, 0.29) is 12.3 Å². The highest BCUT2D eigenvalue weighted by atomic mass is 79.9. The van der Waals surface area contributed by atoms with Gasteiger partial charge in [0.05, 0.1) is 11.9 Å². The van der Waals surface area contributed by atoms with Gasteiger partial charge in [-0.2, -0.15) is 0 Å².